The van der Waals surface area contributed by atoms with Gasteiger partial charge in [-0.05, 0) is 190 Å². The summed E-state index contributed by atoms with van der Waals surface area (Å²) >= 11 is 0. The van der Waals surface area contributed by atoms with Crippen LogP contribution in [0.5, 0.6) is 5.88 Å². The zero-order valence-electron chi connectivity index (χ0n) is 81.5. The summed E-state index contributed by atoms with van der Waals surface area (Å²) in [6, 6.07) is 43.0. The van der Waals surface area contributed by atoms with Crippen LogP contribution in [0.3, 0.4) is 0 Å². The van der Waals surface area contributed by atoms with Gasteiger partial charge >= 0.3 is 0 Å². The number of halogens is 1. The Labute approximate surface area is 816 Å². The fourth-order valence-corrected chi connectivity index (χ4v) is 18.6. The molecule has 3 N–H and O–H groups in total. The Morgan fingerprint density at radius 2 is 0.880 bits per heavy atom. The lowest BCUT2D eigenvalue weighted by atomic mass is 10.1. The van der Waals surface area contributed by atoms with Gasteiger partial charge in [0.25, 0.3) is 27.8 Å². The molecule has 728 valence electrons. The number of rotatable bonds is 13. The highest BCUT2D eigenvalue weighted by atomic mass is 19.1. The van der Waals surface area contributed by atoms with E-state index in [1.807, 2.05) is 175 Å². The molecule has 0 unspecified atom stereocenters. The Bertz CT molecular complexity index is 8150. The standard InChI is InChI=1S/C22H26N6O.C22H23N5O2.C21H23N7O.C21H21N5O2.C19H20FN5O2/c1-16(5-7-20-23-14-17(2)24-20)19-13-22(29)28-15-18(6-8-21(28)25-19)27-10-4-9-26(3)11-12-27;1-13-10-26(11-14(2)23-13)17-5-7-21-25-19(9-22(28)27(21)12-17)16-4-6-18-20(8-16)29-15(3)24-18;1-14-12-28-19(15(2)22-14)10-18(24-28)17-11-21(29)27-13-16(4-5-20(27)23-17)26-8-6-25(3)7-9-26;1-14-22-17-5-3-15(11-19(17)28-14)18-12-21(27)26-13-16(4-6-20(26)23-18)25-9-7-24(2)8-10-25;1-12-10-24(6-5-21-12)14-3-4-17-23-16(8-18(26)25(17)11-14)13-7-15(20)19(27-2)22-9-13/h5-8,13-15H,1,4,9-12H2,2-3H3,(H,23,24);4-9,12-14,23H,10-11H2,1-3H3;4-5,10-13H,6-9H2,1-3H3;3-6,11-13H,7-10H2,1-2H3;3-4,7-9,11-12,21H,5-6,10H2,1-2H3/b7-5-;;;;/t;13-,14+;;;12-/m....0/s1. The lowest BCUT2D eigenvalue weighted by molar-refractivity contribution is 0.313. The largest absolute Gasteiger partial charge is 0.479 e. The second-order valence-electron chi connectivity index (χ2n) is 37.1. The van der Waals surface area contributed by atoms with Crippen LogP contribution in [0.1, 0.15) is 67.6 Å². The molecule has 37 heteroatoms. The number of likely N-dealkylation sites (N-methyl/N-ethyl adjacent to an activating group) is 3. The van der Waals surface area contributed by atoms with Gasteiger partial charge in [-0.25, -0.2) is 53.8 Å². The molecule has 3 atom stereocenters. The zero-order chi connectivity index (χ0) is 98.8. The Hall–Kier alpha value is -15.8. The van der Waals surface area contributed by atoms with Crippen LogP contribution in [-0.2, 0) is 0 Å². The normalized spacial score (nSPS) is 16.8. The fraction of sp³-hybridized carbons (Fsp3) is 0.314. The number of fused-ring (bicyclic) bond motifs is 8. The average molecular weight is 1910 g/mol. The number of anilines is 5. The van der Waals surface area contributed by atoms with Crippen LogP contribution < -0.4 is 67.7 Å². The van der Waals surface area contributed by atoms with Crippen LogP contribution in [0.15, 0.2) is 235 Å². The molecule has 16 aromatic heterocycles. The van der Waals surface area contributed by atoms with Crippen molar-refractivity contribution in [2.75, 3.05) is 164 Å². The van der Waals surface area contributed by atoms with Gasteiger partial charge in [0, 0.05) is 233 Å². The lowest BCUT2D eigenvalue weighted by Crippen LogP contribution is -2.54. The van der Waals surface area contributed by atoms with Gasteiger partial charge in [-0.1, -0.05) is 18.7 Å². The van der Waals surface area contributed by atoms with Gasteiger partial charge in [-0.2, -0.15) is 5.10 Å². The molecule has 0 spiro atoms. The van der Waals surface area contributed by atoms with Crippen molar-refractivity contribution < 1.29 is 18.0 Å². The number of pyridine rings is 6. The first-order chi connectivity index (χ1) is 68.5. The summed E-state index contributed by atoms with van der Waals surface area (Å²) in [4.78, 5) is 130. The summed E-state index contributed by atoms with van der Waals surface area (Å²) in [6.07, 6.45) is 19.2. The van der Waals surface area contributed by atoms with Crippen LogP contribution >= 0.6 is 0 Å². The quantitative estimate of drug-likeness (QED) is 0.0903. The van der Waals surface area contributed by atoms with Crippen molar-refractivity contribution >= 4 is 96.0 Å². The number of aromatic amines is 1. The van der Waals surface area contributed by atoms with Gasteiger partial charge in [0.15, 0.2) is 28.8 Å². The van der Waals surface area contributed by atoms with Gasteiger partial charge in [0.2, 0.25) is 5.88 Å². The van der Waals surface area contributed by atoms with Gasteiger partial charge in [0.1, 0.15) is 50.8 Å². The first kappa shape index (κ1) is 95.1. The van der Waals surface area contributed by atoms with Gasteiger partial charge in [0.05, 0.1) is 87.1 Å². The van der Waals surface area contributed by atoms with Crippen LogP contribution in [0.2, 0.25) is 0 Å². The highest BCUT2D eigenvalue weighted by molar-refractivity contribution is 5.82. The van der Waals surface area contributed by atoms with E-state index in [-0.39, 0.29) is 33.7 Å². The highest BCUT2D eigenvalue weighted by Crippen LogP contribution is 2.31. The first-order valence-corrected chi connectivity index (χ1v) is 47.7. The molecule has 5 aliphatic rings. The maximum absolute atomic E-state index is 13.9. The van der Waals surface area contributed by atoms with Crippen molar-refractivity contribution in [2.24, 2.45) is 0 Å². The summed E-state index contributed by atoms with van der Waals surface area (Å²) in [5.74, 6) is 1.29. The number of oxazole rings is 2. The third kappa shape index (κ3) is 21.3. The minimum atomic E-state index is -0.597. The van der Waals surface area contributed by atoms with Crippen LogP contribution in [0.25, 0.3) is 113 Å². The summed E-state index contributed by atoms with van der Waals surface area (Å²) in [6.45, 7) is 36.5. The molecular weight excluding hydrogens is 1800 g/mol. The first-order valence-electron chi connectivity index (χ1n) is 47.7. The number of H-pyrrole nitrogens is 1. The molecule has 23 rings (SSSR count). The number of aromatic nitrogens is 18. The Morgan fingerprint density at radius 3 is 1.36 bits per heavy atom. The van der Waals surface area contributed by atoms with Crippen molar-refractivity contribution in [3.63, 3.8) is 0 Å². The number of hydrogen-bond donors (Lipinski definition) is 3. The minimum Gasteiger partial charge on any atom is -0.479 e. The maximum atomic E-state index is 13.9. The number of imidazole rings is 1. The van der Waals surface area contributed by atoms with E-state index in [1.54, 1.807) is 58.8 Å². The number of nitrogens with zero attached hydrogens (tertiary/aromatic N) is 25. The monoisotopic (exact) mass is 1910 g/mol. The van der Waals surface area contributed by atoms with Crippen molar-refractivity contribution in [3.8, 4) is 51.0 Å². The van der Waals surface area contributed by atoms with Gasteiger partial charge < -0.3 is 68.4 Å². The smallest absolute Gasteiger partial charge is 0.258 e. The Morgan fingerprint density at radius 1 is 0.437 bits per heavy atom. The van der Waals surface area contributed by atoms with E-state index >= 15 is 0 Å². The molecule has 36 nitrogen and oxygen atoms in total. The number of methoxy groups -OCH3 is 1. The molecule has 0 saturated carbocycles. The number of ether oxygens (including phenoxy) is 1. The van der Waals surface area contributed by atoms with Gasteiger partial charge in [-0.15, -0.1) is 0 Å². The summed E-state index contributed by atoms with van der Waals surface area (Å²) in [5, 5.41) is 11.5. The van der Waals surface area contributed by atoms with E-state index in [9.17, 15) is 28.4 Å². The van der Waals surface area contributed by atoms with E-state index in [0.29, 0.717) is 115 Å². The number of aryl methyl sites for hydroxylation is 5. The molecule has 5 saturated heterocycles. The van der Waals surface area contributed by atoms with Crippen LogP contribution in [-0.4, -0.2) is 259 Å². The summed E-state index contributed by atoms with van der Waals surface area (Å²) < 4.78 is 39.8. The molecule has 0 bridgehead atoms. The van der Waals surface area contributed by atoms with Crippen molar-refractivity contribution in [1.29, 1.82) is 0 Å². The molecule has 0 aliphatic carbocycles. The third-order valence-electron chi connectivity index (χ3n) is 26.1. The molecule has 5 aliphatic heterocycles. The Balaban J connectivity index is 0.000000113. The van der Waals surface area contributed by atoms with Crippen LogP contribution in [0, 0.1) is 40.4 Å². The predicted octanol–water partition coefficient (Wildman–Crippen LogP) is 11.6. The van der Waals surface area contributed by atoms with E-state index in [2.05, 4.69) is 143 Å². The molecule has 142 heavy (non-hydrogen) atoms. The number of piperazine rings is 4. The van der Waals surface area contributed by atoms with Crippen LogP contribution in [0.4, 0.5) is 32.8 Å². The average Bonchev–Trinajstić information content (AvgIpc) is 1.45. The predicted molar refractivity (Wildman–Crippen MR) is 553 cm³/mol. The SMILES string of the molecule is C=C(/C=C\c1ncc(C)[nH]1)c1cc(=O)n2cc(N3CCCN(C)CC3)ccc2n1.COc1ncc(-c2cc(=O)n3cc(N4CCN[C@@H](C)C4)ccc3n2)cc1F.Cc1cn2nc(-c3cc(=O)n4cc(N5CCN(C)CC5)ccc4n3)cc2c(C)n1.Cc1nc2ccc(-c3cc(=O)n4cc(N5CCN(C)CC5)ccc4n3)cc2o1.Cc1nc2ccc(-c3cc(=O)n4cc(N5C[C@@H](C)N[C@@H](C)C5)ccc4n3)cc2o1. The fourth-order valence-electron chi connectivity index (χ4n) is 18.6. The number of nitrogens with one attached hydrogen (secondary N) is 3. The minimum absolute atomic E-state index is 0.0915. The second kappa shape index (κ2) is 40.9. The van der Waals surface area contributed by atoms with E-state index < -0.39 is 5.82 Å². The lowest BCUT2D eigenvalue weighted by Gasteiger charge is -2.37. The zero-order valence-corrected chi connectivity index (χ0v) is 81.5. The Kier molecular flexibility index (Phi) is 27.4. The van der Waals surface area contributed by atoms with E-state index in [0.717, 1.165) is 197 Å². The summed E-state index contributed by atoms with van der Waals surface area (Å²) in [7, 11) is 7.76. The number of benzene rings is 2. The highest BCUT2D eigenvalue weighted by Gasteiger charge is 2.26. The van der Waals surface area contributed by atoms with E-state index in [1.165, 1.54) is 35.9 Å². The maximum Gasteiger partial charge on any atom is 0.258 e. The molecule has 5 fully saturated rings. The number of allylic oxidation sites excluding steroid dienone is 2. The van der Waals surface area contributed by atoms with Crippen molar-refractivity contribution in [1.82, 2.24) is 112 Å². The van der Waals surface area contributed by atoms with Gasteiger partial charge in [-0.3, -0.25) is 51.0 Å². The van der Waals surface area contributed by atoms with Crippen molar-refractivity contribution in [2.45, 2.75) is 79.9 Å². The summed E-state index contributed by atoms with van der Waals surface area (Å²) in [5.41, 5.74) is 20.4. The second-order valence-corrected chi connectivity index (χ2v) is 37.1. The molecule has 0 radical (unpaired) electrons. The topological polar surface area (TPSA) is 355 Å². The van der Waals surface area contributed by atoms with Crippen molar-refractivity contribution in [3.05, 3.63) is 300 Å². The molecule has 0 amide bonds. The van der Waals surface area contributed by atoms with E-state index in [4.69, 9.17) is 28.5 Å². The molecule has 2 aromatic carbocycles. The molecular formula is C105H113FN28O8. The number of hydrogen-bond acceptors (Lipinski definition) is 29. The third-order valence-corrected chi connectivity index (χ3v) is 26.1. The molecule has 21 heterocycles. The molecule has 18 aromatic rings.